The van der Waals surface area contributed by atoms with Gasteiger partial charge >= 0.3 is 0 Å². The minimum Gasteiger partial charge on any atom is -0.378 e. The second-order valence-electron chi connectivity index (χ2n) is 3.39. The minimum absolute atomic E-state index is 0.552. The molecule has 0 aliphatic carbocycles. The molecule has 0 saturated carbocycles. The second kappa shape index (κ2) is 10.2. The van der Waals surface area contributed by atoms with Crippen molar-refractivity contribution >= 4 is 0 Å². The Balaban J connectivity index is 1.76. The third-order valence-electron chi connectivity index (χ3n) is 2.03. The molecule has 0 saturated heterocycles. The molecule has 0 bridgehead atoms. The summed E-state index contributed by atoms with van der Waals surface area (Å²) < 4.78 is 17.7. The molecule has 0 spiro atoms. The summed E-state index contributed by atoms with van der Waals surface area (Å²) in [5.41, 5.74) is 5.27. The van der Waals surface area contributed by atoms with Crippen LogP contribution in [-0.4, -0.2) is 56.0 Å². The Morgan fingerprint density at radius 3 is 2.18 bits per heavy atom. The molecule has 1 heterocycles. The van der Waals surface area contributed by atoms with Gasteiger partial charge in [0.05, 0.1) is 46.2 Å². The van der Waals surface area contributed by atoms with Crippen LogP contribution >= 0.6 is 0 Å². The van der Waals surface area contributed by atoms with Gasteiger partial charge in [0, 0.05) is 18.9 Å². The maximum absolute atomic E-state index is 5.39. The van der Waals surface area contributed by atoms with E-state index in [1.165, 1.54) is 0 Å². The SMILES string of the molecule is NCCOCCOCCOCCn1cccn1. The average molecular weight is 243 g/mol. The first kappa shape index (κ1) is 14.1. The number of ether oxygens (including phenoxy) is 3. The maximum atomic E-state index is 5.39. The normalized spacial score (nSPS) is 10.9. The predicted octanol–water partition coefficient (Wildman–Crippen LogP) is -0.108. The molecule has 0 fully saturated rings. The number of hydrogen-bond acceptors (Lipinski definition) is 5. The van der Waals surface area contributed by atoms with Crippen LogP contribution in [0.4, 0.5) is 0 Å². The van der Waals surface area contributed by atoms with Crippen LogP contribution in [0.1, 0.15) is 0 Å². The van der Waals surface area contributed by atoms with Crippen LogP contribution in [-0.2, 0) is 20.8 Å². The Labute approximate surface area is 102 Å². The lowest BCUT2D eigenvalue weighted by Gasteiger charge is -2.06. The number of rotatable bonds is 11. The molecular weight excluding hydrogens is 222 g/mol. The average Bonchev–Trinajstić information content (AvgIpc) is 2.85. The van der Waals surface area contributed by atoms with Crippen LogP contribution in [0.25, 0.3) is 0 Å². The highest BCUT2D eigenvalue weighted by Crippen LogP contribution is 1.86. The molecular formula is C11H21N3O3. The summed E-state index contributed by atoms with van der Waals surface area (Å²) in [4.78, 5) is 0. The van der Waals surface area contributed by atoms with Crippen molar-refractivity contribution in [1.29, 1.82) is 0 Å². The first-order valence-corrected chi connectivity index (χ1v) is 5.84. The summed E-state index contributed by atoms with van der Waals surface area (Å²) in [6, 6.07) is 1.89. The molecule has 0 amide bonds. The van der Waals surface area contributed by atoms with Gasteiger partial charge in [-0.25, -0.2) is 0 Å². The Morgan fingerprint density at radius 2 is 1.59 bits per heavy atom. The van der Waals surface area contributed by atoms with E-state index in [-0.39, 0.29) is 0 Å². The smallest absolute Gasteiger partial charge is 0.0701 e. The third-order valence-corrected chi connectivity index (χ3v) is 2.03. The summed E-state index contributed by atoms with van der Waals surface area (Å²) in [7, 11) is 0. The molecule has 1 rings (SSSR count). The fourth-order valence-corrected chi connectivity index (χ4v) is 1.22. The van der Waals surface area contributed by atoms with Crippen LogP contribution in [0.2, 0.25) is 0 Å². The zero-order valence-electron chi connectivity index (χ0n) is 10.1. The van der Waals surface area contributed by atoms with Crippen molar-refractivity contribution in [3.05, 3.63) is 18.5 Å². The van der Waals surface area contributed by atoms with E-state index in [9.17, 15) is 0 Å². The molecule has 0 aliphatic heterocycles. The van der Waals surface area contributed by atoms with Crippen molar-refractivity contribution < 1.29 is 14.2 Å². The molecule has 1 aromatic rings. The number of nitrogens with zero attached hydrogens (tertiary/aromatic N) is 2. The van der Waals surface area contributed by atoms with E-state index in [0.29, 0.717) is 46.2 Å². The fourth-order valence-electron chi connectivity index (χ4n) is 1.22. The second-order valence-corrected chi connectivity index (χ2v) is 3.39. The van der Waals surface area contributed by atoms with Gasteiger partial charge in [0.1, 0.15) is 0 Å². The Kier molecular flexibility index (Phi) is 8.48. The summed E-state index contributed by atoms with van der Waals surface area (Å²) in [6.07, 6.45) is 3.67. The van der Waals surface area contributed by atoms with Crippen molar-refractivity contribution in [2.45, 2.75) is 6.54 Å². The molecule has 0 aliphatic rings. The third kappa shape index (κ3) is 7.87. The van der Waals surface area contributed by atoms with Crippen LogP contribution < -0.4 is 5.73 Å². The highest BCUT2D eigenvalue weighted by atomic mass is 16.5. The summed E-state index contributed by atoms with van der Waals surface area (Å²) in [5, 5.41) is 4.07. The first-order valence-electron chi connectivity index (χ1n) is 5.84. The quantitative estimate of drug-likeness (QED) is 0.549. The largest absolute Gasteiger partial charge is 0.378 e. The molecule has 17 heavy (non-hydrogen) atoms. The fraction of sp³-hybridized carbons (Fsp3) is 0.727. The Bertz CT molecular complexity index is 254. The molecule has 0 unspecified atom stereocenters. The van der Waals surface area contributed by atoms with E-state index in [1.54, 1.807) is 6.20 Å². The zero-order valence-corrected chi connectivity index (χ0v) is 10.1. The van der Waals surface area contributed by atoms with Gasteiger partial charge in [-0.05, 0) is 6.07 Å². The van der Waals surface area contributed by atoms with Crippen LogP contribution in [0.5, 0.6) is 0 Å². The van der Waals surface area contributed by atoms with Crippen molar-refractivity contribution in [3.8, 4) is 0 Å². The molecule has 0 radical (unpaired) electrons. The minimum atomic E-state index is 0.552. The molecule has 98 valence electrons. The lowest BCUT2D eigenvalue weighted by atomic mass is 10.6. The van der Waals surface area contributed by atoms with E-state index in [2.05, 4.69) is 5.10 Å². The summed E-state index contributed by atoms with van der Waals surface area (Å²) >= 11 is 0. The molecule has 6 heteroatoms. The lowest BCUT2D eigenvalue weighted by Crippen LogP contribution is -2.14. The predicted molar refractivity (Wildman–Crippen MR) is 63.7 cm³/mol. The Morgan fingerprint density at radius 1 is 0.941 bits per heavy atom. The summed E-state index contributed by atoms with van der Waals surface area (Å²) in [5.74, 6) is 0. The van der Waals surface area contributed by atoms with Crippen LogP contribution in [0.15, 0.2) is 18.5 Å². The standard InChI is InChI=1S/C11H21N3O3/c12-2-6-15-8-10-17-11-9-16-7-5-14-4-1-3-13-14/h1,3-4H,2,5-12H2. The molecule has 0 aromatic carbocycles. The van der Waals surface area contributed by atoms with Gasteiger partial charge in [-0.3, -0.25) is 4.68 Å². The van der Waals surface area contributed by atoms with Gasteiger partial charge in [0.25, 0.3) is 0 Å². The molecule has 6 nitrogen and oxygen atoms in total. The number of aromatic nitrogens is 2. The number of nitrogens with two attached hydrogens (primary N) is 1. The van der Waals surface area contributed by atoms with Gasteiger partial charge in [-0.1, -0.05) is 0 Å². The highest BCUT2D eigenvalue weighted by Gasteiger charge is 1.92. The van der Waals surface area contributed by atoms with Crippen molar-refractivity contribution in [3.63, 3.8) is 0 Å². The maximum Gasteiger partial charge on any atom is 0.0701 e. The first-order chi connectivity index (χ1) is 8.43. The lowest BCUT2D eigenvalue weighted by molar-refractivity contribution is 0.0141. The molecule has 1 aromatic heterocycles. The highest BCUT2D eigenvalue weighted by molar-refractivity contribution is 4.77. The number of hydrogen-bond donors (Lipinski definition) is 1. The van der Waals surface area contributed by atoms with Gasteiger partial charge in [-0.2, -0.15) is 5.10 Å². The molecule has 0 atom stereocenters. The van der Waals surface area contributed by atoms with E-state index >= 15 is 0 Å². The van der Waals surface area contributed by atoms with E-state index in [4.69, 9.17) is 19.9 Å². The Hall–Kier alpha value is -0.950. The zero-order chi connectivity index (χ0) is 12.2. The summed E-state index contributed by atoms with van der Waals surface area (Å²) in [6.45, 7) is 4.91. The van der Waals surface area contributed by atoms with Gasteiger partial charge in [0.15, 0.2) is 0 Å². The van der Waals surface area contributed by atoms with E-state index < -0.39 is 0 Å². The monoisotopic (exact) mass is 243 g/mol. The van der Waals surface area contributed by atoms with Gasteiger partial charge in [0.2, 0.25) is 0 Å². The van der Waals surface area contributed by atoms with Crippen LogP contribution in [0, 0.1) is 0 Å². The van der Waals surface area contributed by atoms with E-state index in [0.717, 1.165) is 6.54 Å². The van der Waals surface area contributed by atoms with Gasteiger partial charge in [-0.15, -0.1) is 0 Å². The van der Waals surface area contributed by atoms with Crippen molar-refractivity contribution in [2.24, 2.45) is 5.73 Å². The van der Waals surface area contributed by atoms with E-state index in [1.807, 2.05) is 16.9 Å². The van der Waals surface area contributed by atoms with Gasteiger partial charge < -0.3 is 19.9 Å². The van der Waals surface area contributed by atoms with Crippen LogP contribution in [0.3, 0.4) is 0 Å². The van der Waals surface area contributed by atoms with Crippen molar-refractivity contribution in [1.82, 2.24) is 9.78 Å². The molecule has 2 N–H and O–H groups in total. The topological polar surface area (TPSA) is 71.5 Å². The van der Waals surface area contributed by atoms with Crippen molar-refractivity contribution in [2.75, 3.05) is 46.2 Å².